The van der Waals surface area contributed by atoms with Crippen LogP contribution >= 0.6 is 0 Å². The number of carbonyl (C=O) groups is 1. The van der Waals surface area contributed by atoms with E-state index < -0.39 is 0 Å². The Hall–Kier alpha value is -2.63. The van der Waals surface area contributed by atoms with E-state index in [0.29, 0.717) is 5.69 Å². The zero-order valence-corrected chi connectivity index (χ0v) is 15.0. The van der Waals surface area contributed by atoms with Gasteiger partial charge >= 0.3 is 0 Å². The van der Waals surface area contributed by atoms with Crippen LogP contribution in [-0.2, 0) is 0 Å². The zero-order valence-electron chi connectivity index (χ0n) is 15.0. The minimum Gasteiger partial charge on any atom is -0.350 e. The van der Waals surface area contributed by atoms with Crippen LogP contribution in [0.4, 0.5) is 0 Å². The van der Waals surface area contributed by atoms with Gasteiger partial charge in [-0.25, -0.2) is 4.63 Å². The summed E-state index contributed by atoms with van der Waals surface area (Å²) < 4.78 is 4.85. The smallest absolute Gasteiger partial charge is 0.271 e. The van der Waals surface area contributed by atoms with E-state index in [1.165, 1.54) is 5.56 Å². The van der Waals surface area contributed by atoms with E-state index in [2.05, 4.69) is 41.3 Å². The highest BCUT2D eigenvalue weighted by molar-refractivity contribution is 6.02. The third kappa shape index (κ3) is 2.35. The summed E-state index contributed by atoms with van der Waals surface area (Å²) in [7, 11) is 0. The van der Waals surface area contributed by atoms with Crippen molar-refractivity contribution in [3.63, 3.8) is 0 Å². The molecule has 0 aliphatic carbocycles. The van der Waals surface area contributed by atoms with Crippen molar-refractivity contribution in [2.45, 2.75) is 46.6 Å². The van der Waals surface area contributed by atoms with Crippen LogP contribution in [0.25, 0.3) is 10.9 Å². The normalized spacial score (nSPS) is 17.6. The van der Waals surface area contributed by atoms with Crippen molar-refractivity contribution in [2.75, 3.05) is 6.54 Å². The average Bonchev–Trinajstić information content (AvgIpc) is 3.29. The van der Waals surface area contributed by atoms with E-state index in [-0.39, 0.29) is 11.9 Å². The Balaban J connectivity index is 1.77. The quantitative estimate of drug-likeness (QED) is 0.772. The summed E-state index contributed by atoms with van der Waals surface area (Å²) in [5.41, 5.74) is 6.60. The van der Waals surface area contributed by atoms with Crippen LogP contribution < -0.4 is 0 Å². The number of nitrogens with one attached hydrogen (secondary N) is 1. The largest absolute Gasteiger partial charge is 0.350 e. The van der Waals surface area contributed by atoms with Crippen molar-refractivity contribution in [3.8, 4) is 0 Å². The number of likely N-dealkylation sites (tertiary alicyclic amines) is 1. The molecule has 6 heteroatoms. The van der Waals surface area contributed by atoms with Gasteiger partial charge in [0.1, 0.15) is 17.1 Å². The van der Waals surface area contributed by atoms with Gasteiger partial charge in [-0.15, -0.1) is 0 Å². The fourth-order valence-corrected chi connectivity index (χ4v) is 3.99. The Bertz CT molecular complexity index is 969. The number of nitrogens with zero attached hydrogens (tertiary/aromatic N) is 3. The molecule has 25 heavy (non-hydrogen) atoms. The maximum atomic E-state index is 13.3. The first kappa shape index (κ1) is 15.9. The molecule has 1 aliphatic rings. The minimum absolute atomic E-state index is 0.0254. The molecule has 1 unspecified atom stereocenters. The summed E-state index contributed by atoms with van der Waals surface area (Å²) in [4.78, 5) is 18.6. The van der Waals surface area contributed by atoms with Gasteiger partial charge < -0.3 is 9.88 Å². The van der Waals surface area contributed by atoms with Gasteiger partial charge in [-0.2, -0.15) is 0 Å². The fraction of sp³-hybridized carbons (Fsp3) is 0.421. The average molecular weight is 338 g/mol. The molecule has 2 aromatic heterocycles. The molecule has 1 atom stereocenters. The summed E-state index contributed by atoms with van der Waals surface area (Å²) in [5.74, 6) is 0.0254. The molecule has 1 fully saturated rings. The molecule has 1 N–H and O–H groups in total. The van der Waals surface area contributed by atoms with E-state index in [4.69, 9.17) is 4.63 Å². The molecule has 1 saturated heterocycles. The Kier molecular flexibility index (Phi) is 3.63. The first-order valence-electron chi connectivity index (χ1n) is 8.67. The molecule has 0 saturated carbocycles. The summed E-state index contributed by atoms with van der Waals surface area (Å²) in [6.45, 7) is 8.76. The van der Waals surface area contributed by atoms with Crippen molar-refractivity contribution in [1.82, 2.24) is 20.2 Å². The monoisotopic (exact) mass is 338 g/mol. The lowest BCUT2D eigenvalue weighted by atomic mass is 10.0. The van der Waals surface area contributed by atoms with Crippen molar-refractivity contribution in [3.05, 3.63) is 45.9 Å². The molecule has 0 spiro atoms. The standard InChI is InChI=1S/C19H22N4O2/c1-10-7-8-11(2)16-15(10)12(3)17(20-16)19(24)23-9-5-6-14(23)18-13(4)21-25-22-18/h7-8,14,20H,5-6,9H2,1-4H3. The van der Waals surface area contributed by atoms with Gasteiger partial charge in [-0.3, -0.25) is 4.79 Å². The number of carbonyl (C=O) groups excluding carboxylic acids is 1. The minimum atomic E-state index is -0.0632. The molecule has 1 aromatic carbocycles. The zero-order chi connectivity index (χ0) is 17.7. The fourth-order valence-electron chi connectivity index (χ4n) is 3.99. The van der Waals surface area contributed by atoms with Gasteiger partial charge in [0, 0.05) is 17.4 Å². The topological polar surface area (TPSA) is 75.0 Å². The van der Waals surface area contributed by atoms with Crippen LogP contribution in [0.2, 0.25) is 0 Å². The molecule has 1 aliphatic heterocycles. The summed E-state index contributed by atoms with van der Waals surface area (Å²) >= 11 is 0. The predicted molar refractivity (Wildman–Crippen MR) is 94.6 cm³/mol. The van der Waals surface area contributed by atoms with Gasteiger partial charge in [0.15, 0.2) is 0 Å². The number of aromatic amines is 1. The van der Waals surface area contributed by atoms with Crippen LogP contribution in [0.3, 0.4) is 0 Å². The maximum Gasteiger partial charge on any atom is 0.271 e. The number of rotatable bonds is 2. The number of amides is 1. The lowest BCUT2D eigenvalue weighted by molar-refractivity contribution is 0.0724. The summed E-state index contributed by atoms with van der Waals surface area (Å²) in [6.07, 6.45) is 1.85. The Labute approximate surface area is 146 Å². The maximum absolute atomic E-state index is 13.3. The highest BCUT2D eigenvalue weighted by Gasteiger charge is 2.35. The first-order chi connectivity index (χ1) is 12.0. The SMILES string of the molecule is Cc1nonc1C1CCCN1C(=O)c1[nH]c2c(C)ccc(C)c2c1C. The molecular weight excluding hydrogens is 316 g/mol. The van der Waals surface area contributed by atoms with E-state index in [1.54, 1.807) is 0 Å². The van der Waals surface area contributed by atoms with E-state index in [1.807, 2.05) is 18.7 Å². The second-order valence-electron chi connectivity index (χ2n) is 6.97. The van der Waals surface area contributed by atoms with Gasteiger partial charge in [0.2, 0.25) is 0 Å². The predicted octanol–water partition coefficient (Wildman–Crippen LogP) is 3.76. The van der Waals surface area contributed by atoms with E-state index >= 15 is 0 Å². The van der Waals surface area contributed by atoms with Gasteiger partial charge in [-0.1, -0.05) is 22.4 Å². The molecule has 4 rings (SSSR count). The molecule has 6 nitrogen and oxygen atoms in total. The summed E-state index contributed by atoms with van der Waals surface area (Å²) in [5, 5.41) is 9.05. The number of benzene rings is 1. The van der Waals surface area contributed by atoms with Crippen LogP contribution in [0, 0.1) is 27.7 Å². The number of hydrogen-bond donors (Lipinski definition) is 1. The number of aromatic nitrogens is 3. The number of aryl methyl sites for hydroxylation is 4. The Morgan fingerprint density at radius 2 is 1.96 bits per heavy atom. The van der Waals surface area contributed by atoms with Gasteiger partial charge in [0.25, 0.3) is 5.91 Å². The lowest BCUT2D eigenvalue weighted by Crippen LogP contribution is -2.31. The number of fused-ring (bicyclic) bond motifs is 1. The first-order valence-corrected chi connectivity index (χ1v) is 8.67. The van der Waals surface area contributed by atoms with Crippen molar-refractivity contribution in [2.24, 2.45) is 0 Å². The molecule has 3 heterocycles. The second-order valence-corrected chi connectivity index (χ2v) is 6.97. The summed E-state index contributed by atoms with van der Waals surface area (Å²) in [6, 6.07) is 4.13. The second kappa shape index (κ2) is 5.72. The van der Waals surface area contributed by atoms with Crippen molar-refractivity contribution in [1.29, 1.82) is 0 Å². The molecule has 0 radical (unpaired) electrons. The molecule has 130 valence electrons. The van der Waals surface area contributed by atoms with Gasteiger partial charge in [-0.05, 0) is 57.2 Å². The highest BCUT2D eigenvalue weighted by atomic mass is 16.6. The van der Waals surface area contributed by atoms with Crippen molar-refractivity contribution >= 4 is 16.8 Å². The van der Waals surface area contributed by atoms with Crippen molar-refractivity contribution < 1.29 is 9.42 Å². The van der Waals surface area contributed by atoms with Crippen LogP contribution in [-0.4, -0.2) is 32.6 Å². The molecule has 1 amide bonds. The molecule has 3 aromatic rings. The molecular formula is C19H22N4O2. The van der Waals surface area contributed by atoms with E-state index in [9.17, 15) is 4.79 Å². The lowest BCUT2D eigenvalue weighted by Gasteiger charge is -2.23. The highest BCUT2D eigenvalue weighted by Crippen LogP contribution is 2.35. The number of hydrogen-bond acceptors (Lipinski definition) is 4. The van der Waals surface area contributed by atoms with Crippen LogP contribution in [0.5, 0.6) is 0 Å². The number of H-pyrrole nitrogens is 1. The molecule has 0 bridgehead atoms. The van der Waals surface area contributed by atoms with Gasteiger partial charge in [0.05, 0.1) is 6.04 Å². The van der Waals surface area contributed by atoms with E-state index in [0.717, 1.165) is 52.8 Å². The Morgan fingerprint density at radius 3 is 2.64 bits per heavy atom. The third-order valence-corrected chi connectivity index (χ3v) is 5.35. The van der Waals surface area contributed by atoms with Crippen LogP contribution in [0.1, 0.15) is 57.5 Å². The Morgan fingerprint density at radius 1 is 1.20 bits per heavy atom. The van der Waals surface area contributed by atoms with Crippen LogP contribution in [0.15, 0.2) is 16.8 Å². The third-order valence-electron chi connectivity index (χ3n) is 5.35.